The van der Waals surface area contributed by atoms with Crippen molar-refractivity contribution in [3.8, 4) is 0 Å². The number of nitrogens with zero attached hydrogens (tertiary/aromatic N) is 2. The number of rotatable bonds is 2. The molecule has 1 fully saturated rings. The van der Waals surface area contributed by atoms with Crippen LogP contribution < -0.4 is 10.9 Å². The first-order chi connectivity index (χ1) is 10.7. The number of nitrogens with one attached hydrogen (secondary N) is 2. The summed E-state index contributed by atoms with van der Waals surface area (Å²) in [5, 5.41) is 3.29. The molecule has 2 N–H and O–H groups in total. The molecule has 0 bridgehead atoms. The molecule has 1 aliphatic rings. The van der Waals surface area contributed by atoms with E-state index in [2.05, 4.69) is 15.3 Å². The number of halogens is 1. The summed E-state index contributed by atoms with van der Waals surface area (Å²) < 4.78 is 0. The second-order valence-electron chi connectivity index (χ2n) is 5.39. The second-order valence-corrected chi connectivity index (χ2v) is 5.39. The molecule has 1 aliphatic heterocycles. The number of hydrogen-bond acceptors (Lipinski definition) is 4. The van der Waals surface area contributed by atoms with Crippen LogP contribution in [0.2, 0.25) is 0 Å². The van der Waals surface area contributed by atoms with Crippen LogP contribution in [0, 0.1) is 6.92 Å². The molecule has 3 rings (SSSR count). The number of aryl methyl sites for hydroxylation is 1. The van der Waals surface area contributed by atoms with E-state index in [1.54, 1.807) is 36.4 Å². The fourth-order valence-electron chi connectivity index (χ4n) is 2.71. The standard InChI is InChI=1S/C16H18N4O2.ClH/c1-11-4-5-13(15(21)19-11)16(22)20-8-7-18-10-14(20)12-3-2-6-17-9-12;/h2-6,9,14,18H,7-8,10H2,1H3,(H,19,21);1H. The molecule has 122 valence electrons. The first kappa shape index (κ1) is 17.2. The normalized spacial score (nSPS) is 17.4. The minimum Gasteiger partial charge on any atom is -0.329 e. The van der Waals surface area contributed by atoms with Crippen molar-refractivity contribution in [2.75, 3.05) is 19.6 Å². The molecule has 2 aromatic rings. The van der Waals surface area contributed by atoms with Crippen molar-refractivity contribution in [1.82, 2.24) is 20.2 Å². The Bertz CT molecular complexity index is 732. The fourth-order valence-corrected chi connectivity index (χ4v) is 2.71. The Kier molecular flexibility index (Phi) is 5.52. The first-order valence-corrected chi connectivity index (χ1v) is 7.28. The number of H-pyrrole nitrogens is 1. The van der Waals surface area contributed by atoms with Crippen LogP contribution in [0.15, 0.2) is 41.5 Å². The third-order valence-corrected chi connectivity index (χ3v) is 3.86. The van der Waals surface area contributed by atoms with E-state index >= 15 is 0 Å². The van der Waals surface area contributed by atoms with Crippen LogP contribution in [-0.4, -0.2) is 40.4 Å². The number of carbonyl (C=O) groups excluding carboxylic acids is 1. The first-order valence-electron chi connectivity index (χ1n) is 7.28. The van der Waals surface area contributed by atoms with Crippen LogP contribution in [0.4, 0.5) is 0 Å². The summed E-state index contributed by atoms with van der Waals surface area (Å²) in [7, 11) is 0. The van der Waals surface area contributed by atoms with Crippen molar-refractivity contribution in [1.29, 1.82) is 0 Å². The van der Waals surface area contributed by atoms with E-state index in [9.17, 15) is 9.59 Å². The zero-order valence-corrected chi connectivity index (χ0v) is 13.6. The Morgan fingerprint density at radius 1 is 1.35 bits per heavy atom. The van der Waals surface area contributed by atoms with Gasteiger partial charge >= 0.3 is 0 Å². The molecule has 3 heterocycles. The fraction of sp³-hybridized carbons (Fsp3) is 0.312. The third-order valence-electron chi connectivity index (χ3n) is 3.86. The number of aromatic amines is 1. The summed E-state index contributed by atoms with van der Waals surface area (Å²) in [5.41, 5.74) is 1.55. The molecule has 2 aromatic heterocycles. The van der Waals surface area contributed by atoms with Gasteiger partial charge in [-0.2, -0.15) is 0 Å². The van der Waals surface area contributed by atoms with Gasteiger partial charge in [-0.05, 0) is 30.7 Å². The van der Waals surface area contributed by atoms with Crippen molar-refractivity contribution in [3.05, 3.63) is 63.8 Å². The average Bonchev–Trinajstić information content (AvgIpc) is 2.55. The number of piperazine rings is 1. The van der Waals surface area contributed by atoms with Crippen LogP contribution in [0.25, 0.3) is 0 Å². The molecule has 0 saturated carbocycles. The van der Waals surface area contributed by atoms with Gasteiger partial charge in [-0.3, -0.25) is 14.6 Å². The zero-order chi connectivity index (χ0) is 15.5. The van der Waals surface area contributed by atoms with Gasteiger partial charge in [0.1, 0.15) is 5.56 Å². The van der Waals surface area contributed by atoms with Crippen molar-refractivity contribution in [3.63, 3.8) is 0 Å². The zero-order valence-electron chi connectivity index (χ0n) is 12.8. The number of aromatic nitrogens is 2. The van der Waals surface area contributed by atoms with Crippen molar-refractivity contribution in [2.24, 2.45) is 0 Å². The average molecular weight is 335 g/mol. The Balaban J connectivity index is 0.00000192. The van der Waals surface area contributed by atoms with Gasteiger partial charge in [0, 0.05) is 37.7 Å². The summed E-state index contributed by atoms with van der Waals surface area (Å²) in [4.78, 5) is 33.4. The molecule has 0 spiro atoms. The van der Waals surface area contributed by atoms with Gasteiger partial charge in [-0.1, -0.05) is 6.07 Å². The number of hydrogen-bond donors (Lipinski definition) is 2. The van der Waals surface area contributed by atoms with Gasteiger partial charge in [-0.15, -0.1) is 12.4 Å². The predicted octanol–water partition coefficient (Wildman–Crippen LogP) is 1.29. The molecule has 7 heteroatoms. The lowest BCUT2D eigenvalue weighted by Crippen LogP contribution is -2.49. The lowest BCUT2D eigenvalue weighted by Gasteiger charge is -2.36. The Hall–Kier alpha value is -2.18. The monoisotopic (exact) mass is 334 g/mol. The van der Waals surface area contributed by atoms with Gasteiger partial charge in [0.05, 0.1) is 6.04 Å². The predicted molar refractivity (Wildman–Crippen MR) is 89.9 cm³/mol. The molecule has 0 aromatic carbocycles. The molecule has 23 heavy (non-hydrogen) atoms. The largest absolute Gasteiger partial charge is 0.329 e. The van der Waals surface area contributed by atoms with Crippen LogP contribution >= 0.6 is 12.4 Å². The summed E-state index contributed by atoms with van der Waals surface area (Å²) in [6.07, 6.45) is 3.47. The summed E-state index contributed by atoms with van der Waals surface area (Å²) in [5.74, 6) is -0.239. The molecule has 0 aliphatic carbocycles. The summed E-state index contributed by atoms with van der Waals surface area (Å²) >= 11 is 0. The van der Waals surface area contributed by atoms with E-state index in [4.69, 9.17) is 0 Å². The Morgan fingerprint density at radius 2 is 2.17 bits per heavy atom. The number of amides is 1. The summed E-state index contributed by atoms with van der Waals surface area (Å²) in [6.45, 7) is 3.72. The SMILES string of the molecule is Cc1ccc(C(=O)N2CCNCC2c2cccnc2)c(=O)[nH]1.Cl. The van der Waals surface area contributed by atoms with Gasteiger partial charge in [0.15, 0.2) is 0 Å². The second kappa shape index (κ2) is 7.39. The molecule has 0 radical (unpaired) electrons. The highest BCUT2D eigenvalue weighted by atomic mass is 35.5. The highest BCUT2D eigenvalue weighted by Crippen LogP contribution is 2.22. The maximum absolute atomic E-state index is 12.8. The molecular formula is C16H19ClN4O2. The molecule has 6 nitrogen and oxygen atoms in total. The van der Waals surface area contributed by atoms with E-state index in [-0.39, 0.29) is 35.5 Å². The Labute approximate surface area is 140 Å². The smallest absolute Gasteiger partial charge is 0.260 e. The van der Waals surface area contributed by atoms with Crippen LogP contribution in [0.3, 0.4) is 0 Å². The van der Waals surface area contributed by atoms with Gasteiger partial charge in [0.2, 0.25) is 0 Å². The number of pyridine rings is 2. The van der Waals surface area contributed by atoms with Crippen molar-refractivity contribution < 1.29 is 4.79 Å². The molecule has 1 amide bonds. The van der Waals surface area contributed by atoms with Gasteiger partial charge < -0.3 is 15.2 Å². The van der Waals surface area contributed by atoms with Gasteiger partial charge in [-0.25, -0.2) is 0 Å². The highest BCUT2D eigenvalue weighted by Gasteiger charge is 2.29. The van der Waals surface area contributed by atoms with Crippen molar-refractivity contribution in [2.45, 2.75) is 13.0 Å². The molecule has 1 unspecified atom stereocenters. The maximum Gasteiger partial charge on any atom is 0.260 e. The van der Waals surface area contributed by atoms with E-state index in [1.165, 1.54) is 0 Å². The molecular weight excluding hydrogens is 316 g/mol. The highest BCUT2D eigenvalue weighted by molar-refractivity contribution is 5.94. The van der Waals surface area contributed by atoms with Crippen LogP contribution in [0.5, 0.6) is 0 Å². The van der Waals surface area contributed by atoms with Gasteiger partial charge in [0.25, 0.3) is 11.5 Å². The van der Waals surface area contributed by atoms with E-state index in [0.29, 0.717) is 19.6 Å². The molecule has 1 atom stereocenters. The Morgan fingerprint density at radius 3 is 2.87 bits per heavy atom. The summed E-state index contributed by atoms with van der Waals surface area (Å²) in [6, 6.07) is 7.03. The third kappa shape index (κ3) is 3.60. The lowest BCUT2D eigenvalue weighted by atomic mass is 10.0. The van der Waals surface area contributed by atoms with Crippen LogP contribution in [0.1, 0.15) is 27.7 Å². The quantitative estimate of drug-likeness (QED) is 0.867. The maximum atomic E-state index is 12.8. The number of carbonyl (C=O) groups is 1. The topological polar surface area (TPSA) is 78.1 Å². The minimum atomic E-state index is -0.339. The van der Waals surface area contributed by atoms with E-state index in [0.717, 1.165) is 11.3 Å². The van der Waals surface area contributed by atoms with Crippen molar-refractivity contribution >= 4 is 18.3 Å². The van der Waals surface area contributed by atoms with E-state index < -0.39 is 0 Å². The minimum absolute atomic E-state index is 0. The van der Waals surface area contributed by atoms with Crippen LogP contribution in [-0.2, 0) is 0 Å². The lowest BCUT2D eigenvalue weighted by molar-refractivity contribution is 0.0632. The molecule has 1 saturated heterocycles. The van der Waals surface area contributed by atoms with E-state index in [1.807, 2.05) is 12.1 Å².